The lowest BCUT2D eigenvalue weighted by Gasteiger charge is -2.07. The van der Waals surface area contributed by atoms with Crippen molar-refractivity contribution in [3.8, 4) is 17.2 Å². The second-order valence-electron chi connectivity index (χ2n) is 6.79. The molecule has 0 fully saturated rings. The van der Waals surface area contributed by atoms with E-state index in [1.807, 2.05) is 54.6 Å². The van der Waals surface area contributed by atoms with Crippen LogP contribution in [-0.2, 0) is 6.42 Å². The fourth-order valence-corrected chi connectivity index (χ4v) is 3.03. The SMILES string of the molecule is COc1cc(/C=C/c2ccc(CC(=O)c3cccc(C)c3O)cc2)cc(OC)c1. The Balaban J connectivity index is 1.71. The highest BCUT2D eigenvalue weighted by Gasteiger charge is 2.13. The number of para-hydroxylation sites is 1. The zero-order chi connectivity index (χ0) is 20.8. The van der Waals surface area contributed by atoms with Crippen LogP contribution in [0.25, 0.3) is 12.2 Å². The summed E-state index contributed by atoms with van der Waals surface area (Å²) in [5.74, 6) is 1.43. The molecular weight excluding hydrogens is 364 g/mol. The van der Waals surface area contributed by atoms with Gasteiger partial charge < -0.3 is 14.6 Å². The van der Waals surface area contributed by atoms with Gasteiger partial charge in [-0.3, -0.25) is 4.79 Å². The van der Waals surface area contributed by atoms with Crippen LogP contribution in [0.2, 0.25) is 0 Å². The topological polar surface area (TPSA) is 55.8 Å². The van der Waals surface area contributed by atoms with E-state index in [9.17, 15) is 9.90 Å². The summed E-state index contributed by atoms with van der Waals surface area (Å²) in [5, 5.41) is 10.1. The van der Waals surface area contributed by atoms with Gasteiger partial charge in [0.25, 0.3) is 0 Å². The molecule has 0 aromatic heterocycles. The van der Waals surface area contributed by atoms with E-state index >= 15 is 0 Å². The lowest BCUT2D eigenvalue weighted by Crippen LogP contribution is -2.04. The summed E-state index contributed by atoms with van der Waals surface area (Å²) in [6.45, 7) is 1.78. The number of hydrogen-bond acceptors (Lipinski definition) is 4. The smallest absolute Gasteiger partial charge is 0.170 e. The fraction of sp³-hybridized carbons (Fsp3) is 0.160. The highest BCUT2D eigenvalue weighted by Crippen LogP contribution is 2.25. The van der Waals surface area contributed by atoms with Gasteiger partial charge in [-0.25, -0.2) is 0 Å². The molecule has 0 aliphatic heterocycles. The molecule has 0 saturated carbocycles. The zero-order valence-corrected chi connectivity index (χ0v) is 16.8. The number of methoxy groups -OCH3 is 2. The Morgan fingerprint density at radius 3 is 2.14 bits per heavy atom. The number of Topliss-reactive ketones (excluding diaryl/α,β-unsaturated/α-hetero) is 1. The van der Waals surface area contributed by atoms with Crippen LogP contribution in [0.4, 0.5) is 0 Å². The largest absolute Gasteiger partial charge is 0.507 e. The maximum absolute atomic E-state index is 12.5. The maximum Gasteiger partial charge on any atom is 0.170 e. The first-order valence-corrected chi connectivity index (χ1v) is 9.32. The molecule has 0 saturated heterocycles. The number of hydrogen-bond donors (Lipinski definition) is 1. The molecule has 4 nitrogen and oxygen atoms in total. The number of rotatable bonds is 7. The van der Waals surface area contributed by atoms with Crippen molar-refractivity contribution in [2.24, 2.45) is 0 Å². The summed E-state index contributed by atoms with van der Waals surface area (Å²) in [4.78, 5) is 12.5. The Hall–Kier alpha value is -3.53. The molecule has 1 N–H and O–H groups in total. The standard InChI is InChI=1S/C25H24O4/c1-17-5-4-6-23(25(17)27)24(26)15-19-10-7-18(8-11-19)9-12-20-13-21(28-2)16-22(14-20)29-3/h4-14,16,27H,15H2,1-3H3/b12-9+. The van der Waals surface area contributed by atoms with Gasteiger partial charge in [0.05, 0.1) is 19.8 Å². The average molecular weight is 388 g/mol. The second kappa shape index (κ2) is 9.11. The van der Waals surface area contributed by atoms with Gasteiger partial charge in [0.1, 0.15) is 17.2 Å². The van der Waals surface area contributed by atoms with Crippen molar-refractivity contribution in [2.75, 3.05) is 14.2 Å². The lowest BCUT2D eigenvalue weighted by atomic mass is 9.99. The van der Waals surface area contributed by atoms with Gasteiger partial charge in [-0.2, -0.15) is 0 Å². The minimum Gasteiger partial charge on any atom is -0.507 e. The summed E-state index contributed by atoms with van der Waals surface area (Å²) < 4.78 is 10.6. The van der Waals surface area contributed by atoms with Crippen LogP contribution in [0.3, 0.4) is 0 Å². The quantitative estimate of drug-likeness (QED) is 0.440. The van der Waals surface area contributed by atoms with Crippen LogP contribution in [0.5, 0.6) is 17.2 Å². The first kappa shape index (κ1) is 20.2. The van der Waals surface area contributed by atoms with Crippen LogP contribution in [0.1, 0.15) is 32.6 Å². The molecule has 3 aromatic rings. The molecule has 0 unspecified atom stereocenters. The molecule has 0 bridgehead atoms. The zero-order valence-electron chi connectivity index (χ0n) is 16.8. The molecule has 3 aromatic carbocycles. The van der Waals surface area contributed by atoms with Gasteiger partial charge >= 0.3 is 0 Å². The van der Waals surface area contributed by atoms with E-state index in [0.29, 0.717) is 11.1 Å². The van der Waals surface area contributed by atoms with E-state index in [1.165, 1.54) is 0 Å². The van der Waals surface area contributed by atoms with Gasteiger partial charge in [-0.15, -0.1) is 0 Å². The number of ketones is 1. The van der Waals surface area contributed by atoms with Crippen LogP contribution >= 0.6 is 0 Å². The predicted octanol–water partition coefficient (Wildman–Crippen LogP) is 5.31. The molecule has 3 rings (SSSR count). The Kier molecular flexibility index (Phi) is 6.35. The molecule has 0 radical (unpaired) electrons. The van der Waals surface area contributed by atoms with E-state index < -0.39 is 0 Å². The first-order valence-electron chi connectivity index (χ1n) is 9.32. The number of carbonyl (C=O) groups excluding carboxylic acids is 1. The normalized spacial score (nSPS) is 10.9. The third-order valence-corrected chi connectivity index (χ3v) is 4.72. The predicted molar refractivity (Wildman–Crippen MR) is 116 cm³/mol. The number of benzene rings is 3. The lowest BCUT2D eigenvalue weighted by molar-refractivity contribution is 0.0990. The van der Waals surface area contributed by atoms with E-state index in [-0.39, 0.29) is 18.0 Å². The summed E-state index contributed by atoms with van der Waals surface area (Å²) in [7, 11) is 3.25. The number of carbonyl (C=O) groups is 1. The van der Waals surface area contributed by atoms with Gasteiger partial charge in [0.15, 0.2) is 5.78 Å². The second-order valence-corrected chi connectivity index (χ2v) is 6.79. The number of aryl methyl sites for hydroxylation is 1. The Labute approximate surface area is 171 Å². The van der Waals surface area contributed by atoms with E-state index in [1.54, 1.807) is 39.3 Å². The molecule has 0 atom stereocenters. The number of aromatic hydroxyl groups is 1. The Morgan fingerprint density at radius 2 is 1.52 bits per heavy atom. The minimum absolute atomic E-state index is 0.0609. The third-order valence-electron chi connectivity index (χ3n) is 4.72. The van der Waals surface area contributed by atoms with Crippen molar-refractivity contribution >= 4 is 17.9 Å². The number of ether oxygens (including phenoxy) is 2. The molecule has 0 amide bonds. The van der Waals surface area contributed by atoms with Gasteiger partial charge in [-0.1, -0.05) is 48.6 Å². The maximum atomic E-state index is 12.5. The molecule has 0 spiro atoms. The molecule has 0 heterocycles. The van der Waals surface area contributed by atoms with Gasteiger partial charge in [0, 0.05) is 12.5 Å². The van der Waals surface area contributed by atoms with Crippen molar-refractivity contribution in [3.63, 3.8) is 0 Å². The van der Waals surface area contributed by atoms with Crippen LogP contribution < -0.4 is 9.47 Å². The highest BCUT2D eigenvalue weighted by molar-refractivity contribution is 6.00. The Morgan fingerprint density at radius 1 is 0.897 bits per heavy atom. The highest BCUT2D eigenvalue weighted by atomic mass is 16.5. The molecule has 0 aliphatic carbocycles. The molecule has 29 heavy (non-hydrogen) atoms. The van der Waals surface area contributed by atoms with E-state index in [0.717, 1.165) is 28.2 Å². The van der Waals surface area contributed by atoms with Crippen molar-refractivity contribution < 1.29 is 19.4 Å². The summed E-state index contributed by atoms with van der Waals surface area (Å²) in [5.41, 5.74) is 3.94. The third kappa shape index (κ3) is 5.05. The number of phenols is 1. The van der Waals surface area contributed by atoms with Crippen molar-refractivity contribution in [1.82, 2.24) is 0 Å². The summed E-state index contributed by atoms with van der Waals surface area (Å²) in [6.07, 6.45) is 4.22. The van der Waals surface area contributed by atoms with Crippen molar-refractivity contribution in [2.45, 2.75) is 13.3 Å². The van der Waals surface area contributed by atoms with Crippen LogP contribution in [-0.4, -0.2) is 25.1 Å². The minimum atomic E-state index is -0.0991. The van der Waals surface area contributed by atoms with Crippen LogP contribution in [0, 0.1) is 6.92 Å². The monoisotopic (exact) mass is 388 g/mol. The van der Waals surface area contributed by atoms with E-state index in [4.69, 9.17) is 9.47 Å². The Bertz CT molecular complexity index is 1010. The fourth-order valence-electron chi connectivity index (χ4n) is 3.03. The summed E-state index contributed by atoms with van der Waals surface area (Å²) in [6, 6.07) is 18.7. The van der Waals surface area contributed by atoms with Gasteiger partial charge in [0.2, 0.25) is 0 Å². The summed E-state index contributed by atoms with van der Waals surface area (Å²) >= 11 is 0. The molecule has 0 aliphatic rings. The van der Waals surface area contributed by atoms with E-state index in [2.05, 4.69) is 0 Å². The van der Waals surface area contributed by atoms with Gasteiger partial charge in [-0.05, 0) is 47.4 Å². The van der Waals surface area contributed by atoms with Crippen molar-refractivity contribution in [1.29, 1.82) is 0 Å². The number of phenolic OH excluding ortho intramolecular Hbond substituents is 1. The first-order chi connectivity index (χ1) is 14.0. The molecule has 148 valence electrons. The van der Waals surface area contributed by atoms with Crippen LogP contribution in [0.15, 0.2) is 60.7 Å². The molecular formula is C25H24O4. The molecule has 4 heteroatoms. The van der Waals surface area contributed by atoms with Crippen molar-refractivity contribution in [3.05, 3.63) is 88.5 Å². The average Bonchev–Trinajstić information content (AvgIpc) is 2.74.